The Kier molecular flexibility index (Phi) is 5.31. The van der Waals surface area contributed by atoms with Crippen LogP contribution in [0.25, 0.3) is 0 Å². The summed E-state index contributed by atoms with van der Waals surface area (Å²) in [6.45, 7) is 1.86. The van der Waals surface area contributed by atoms with Gasteiger partial charge in [0, 0.05) is 19.2 Å². The van der Waals surface area contributed by atoms with Crippen molar-refractivity contribution < 1.29 is 13.6 Å². The van der Waals surface area contributed by atoms with E-state index in [2.05, 4.69) is 10.2 Å². The summed E-state index contributed by atoms with van der Waals surface area (Å²) in [7, 11) is 0. The average molecular weight is 316 g/mol. The van der Waals surface area contributed by atoms with E-state index in [-0.39, 0.29) is 17.3 Å². The number of nitrogens with one attached hydrogen (secondary N) is 1. The zero-order valence-electron chi connectivity index (χ0n) is 10.7. The van der Waals surface area contributed by atoms with Gasteiger partial charge in [0.1, 0.15) is 16.0 Å². The van der Waals surface area contributed by atoms with Crippen LogP contribution in [-0.2, 0) is 4.79 Å². The van der Waals surface area contributed by atoms with Crippen molar-refractivity contribution in [2.75, 3.05) is 24.2 Å². The van der Waals surface area contributed by atoms with Gasteiger partial charge in [-0.25, -0.2) is 8.78 Å². The SMILES string of the molecule is O=C(CSC(=S)N1CCCC1)Nc1ccc(F)cc1F. The summed E-state index contributed by atoms with van der Waals surface area (Å²) in [5.74, 6) is -1.70. The summed E-state index contributed by atoms with van der Waals surface area (Å²) in [6.07, 6.45) is 2.24. The van der Waals surface area contributed by atoms with Gasteiger partial charge >= 0.3 is 0 Å². The Hall–Kier alpha value is -1.21. The standard InChI is InChI=1S/C13H14F2N2OS2/c14-9-3-4-11(10(15)7-9)16-12(18)8-20-13(19)17-5-1-2-6-17/h3-4,7H,1-2,5-6,8H2,(H,16,18). The van der Waals surface area contributed by atoms with Gasteiger partial charge < -0.3 is 10.2 Å². The molecule has 1 aromatic rings. The van der Waals surface area contributed by atoms with Gasteiger partial charge in [0.05, 0.1) is 11.4 Å². The predicted molar refractivity (Wildman–Crippen MR) is 80.9 cm³/mol. The molecule has 20 heavy (non-hydrogen) atoms. The fourth-order valence-corrected chi connectivity index (χ4v) is 2.95. The highest BCUT2D eigenvalue weighted by Gasteiger charge is 2.16. The number of halogens is 2. The summed E-state index contributed by atoms with van der Waals surface area (Å²) < 4.78 is 26.8. The summed E-state index contributed by atoms with van der Waals surface area (Å²) in [5.41, 5.74) is -0.0240. The van der Waals surface area contributed by atoms with Gasteiger partial charge in [0.2, 0.25) is 5.91 Å². The molecule has 108 valence electrons. The van der Waals surface area contributed by atoms with Gasteiger partial charge in [-0.05, 0) is 25.0 Å². The second-order valence-electron chi connectivity index (χ2n) is 4.42. The fraction of sp³-hybridized carbons (Fsp3) is 0.385. The van der Waals surface area contributed by atoms with Crippen molar-refractivity contribution >= 4 is 39.9 Å². The lowest BCUT2D eigenvalue weighted by Crippen LogP contribution is -2.25. The van der Waals surface area contributed by atoms with Gasteiger partial charge in [0.15, 0.2) is 0 Å². The molecule has 2 rings (SSSR count). The van der Waals surface area contributed by atoms with E-state index in [0.29, 0.717) is 4.32 Å². The van der Waals surface area contributed by atoms with Gasteiger partial charge in [-0.3, -0.25) is 4.79 Å². The minimum atomic E-state index is -0.787. The molecule has 1 fully saturated rings. The Morgan fingerprint density at radius 2 is 2.05 bits per heavy atom. The number of carbonyl (C=O) groups excluding carboxylic acids is 1. The first kappa shape index (κ1) is 15.2. The summed E-state index contributed by atoms with van der Waals surface area (Å²) >= 11 is 6.48. The molecule has 1 aliphatic rings. The molecule has 0 unspecified atom stereocenters. The maximum absolute atomic E-state index is 13.4. The molecular formula is C13H14F2N2OS2. The molecule has 0 aromatic heterocycles. The van der Waals surface area contributed by atoms with Gasteiger partial charge in [-0.1, -0.05) is 24.0 Å². The maximum Gasteiger partial charge on any atom is 0.234 e. The second kappa shape index (κ2) is 6.99. The van der Waals surface area contributed by atoms with E-state index in [4.69, 9.17) is 12.2 Å². The maximum atomic E-state index is 13.4. The van der Waals surface area contributed by atoms with Crippen molar-refractivity contribution in [1.82, 2.24) is 4.90 Å². The quantitative estimate of drug-likeness (QED) is 0.869. The molecule has 1 amide bonds. The molecule has 0 radical (unpaired) electrons. The van der Waals surface area contributed by atoms with Crippen molar-refractivity contribution in [3.8, 4) is 0 Å². The van der Waals surface area contributed by atoms with E-state index in [9.17, 15) is 13.6 Å². The number of carbonyl (C=O) groups is 1. The van der Waals surface area contributed by atoms with Crippen LogP contribution in [0.2, 0.25) is 0 Å². The van der Waals surface area contributed by atoms with Crippen LogP contribution >= 0.6 is 24.0 Å². The predicted octanol–water partition coefficient (Wildman–Crippen LogP) is 3.02. The number of hydrogen-bond acceptors (Lipinski definition) is 3. The van der Waals surface area contributed by atoms with E-state index < -0.39 is 11.6 Å². The Labute approximate surface area is 125 Å². The monoisotopic (exact) mass is 316 g/mol. The molecule has 0 spiro atoms. The molecule has 3 nitrogen and oxygen atoms in total. The van der Waals surface area contributed by atoms with E-state index in [0.717, 1.165) is 38.1 Å². The lowest BCUT2D eigenvalue weighted by Gasteiger charge is -2.17. The first-order valence-electron chi connectivity index (χ1n) is 6.23. The Morgan fingerprint density at radius 1 is 1.35 bits per heavy atom. The summed E-state index contributed by atoms with van der Waals surface area (Å²) in [5, 5.41) is 2.40. The van der Waals surface area contributed by atoms with E-state index in [1.54, 1.807) is 0 Å². The molecule has 1 saturated heterocycles. The average Bonchev–Trinajstić information content (AvgIpc) is 2.93. The Bertz CT molecular complexity index is 519. The Morgan fingerprint density at radius 3 is 2.70 bits per heavy atom. The van der Waals surface area contributed by atoms with E-state index in [1.165, 1.54) is 17.8 Å². The second-order valence-corrected chi connectivity index (χ2v) is 6.03. The lowest BCUT2D eigenvalue weighted by molar-refractivity contribution is -0.113. The van der Waals surface area contributed by atoms with Crippen LogP contribution in [0.4, 0.5) is 14.5 Å². The zero-order valence-corrected chi connectivity index (χ0v) is 12.3. The van der Waals surface area contributed by atoms with Crippen LogP contribution in [-0.4, -0.2) is 34.0 Å². The largest absolute Gasteiger partial charge is 0.358 e. The lowest BCUT2D eigenvalue weighted by atomic mass is 10.3. The first-order valence-corrected chi connectivity index (χ1v) is 7.62. The molecule has 0 bridgehead atoms. The van der Waals surface area contributed by atoms with Gasteiger partial charge in [-0.2, -0.15) is 0 Å². The van der Waals surface area contributed by atoms with Crippen LogP contribution in [0.15, 0.2) is 18.2 Å². The third-order valence-corrected chi connectivity index (χ3v) is 4.42. The van der Waals surface area contributed by atoms with Crippen molar-refractivity contribution in [3.05, 3.63) is 29.8 Å². The van der Waals surface area contributed by atoms with Crippen LogP contribution in [0.3, 0.4) is 0 Å². The molecule has 0 aliphatic carbocycles. The van der Waals surface area contributed by atoms with Crippen molar-refractivity contribution in [3.63, 3.8) is 0 Å². The number of benzene rings is 1. The molecule has 1 N–H and O–H groups in total. The Balaban J connectivity index is 1.81. The van der Waals surface area contributed by atoms with Crippen molar-refractivity contribution in [2.24, 2.45) is 0 Å². The first-order chi connectivity index (χ1) is 9.56. The highest BCUT2D eigenvalue weighted by molar-refractivity contribution is 8.23. The van der Waals surface area contributed by atoms with E-state index >= 15 is 0 Å². The normalized spacial score (nSPS) is 14.4. The summed E-state index contributed by atoms with van der Waals surface area (Å²) in [4.78, 5) is 13.8. The van der Waals surface area contributed by atoms with Crippen LogP contribution in [0.5, 0.6) is 0 Å². The van der Waals surface area contributed by atoms with Crippen LogP contribution in [0, 0.1) is 11.6 Å². The molecular weight excluding hydrogens is 302 g/mol. The molecule has 0 atom stereocenters. The number of thiocarbonyl (C=S) groups is 1. The third kappa shape index (κ3) is 4.14. The van der Waals surface area contributed by atoms with Crippen LogP contribution in [0.1, 0.15) is 12.8 Å². The number of amides is 1. The van der Waals surface area contributed by atoms with Gasteiger partial charge in [-0.15, -0.1) is 0 Å². The number of rotatable bonds is 3. The number of likely N-dealkylation sites (tertiary alicyclic amines) is 1. The van der Waals surface area contributed by atoms with Crippen LogP contribution < -0.4 is 5.32 Å². The van der Waals surface area contributed by atoms with Crippen molar-refractivity contribution in [1.29, 1.82) is 0 Å². The number of hydrogen-bond donors (Lipinski definition) is 1. The summed E-state index contributed by atoms with van der Waals surface area (Å²) in [6, 6.07) is 3.03. The fourth-order valence-electron chi connectivity index (χ4n) is 1.90. The molecule has 1 heterocycles. The minimum Gasteiger partial charge on any atom is -0.358 e. The molecule has 1 aromatic carbocycles. The topological polar surface area (TPSA) is 32.3 Å². The highest BCUT2D eigenvalue weighted by atomic mass is 32.2. The van der Waals surface area contributed by atoms with Gasteiger partial charge in [0.25, 0.3) is 0 Å². The number of anilines is 1. The highest BCUT2D eigenvalue weighted by Crippen LogP contribution is 2.18. The molecule has 0 saturated carbocycles. The number of thioether (sulfide) groups is 1. The number of nitrogens with zero attached hydrogens (tertiary/aromatic N) is 1. The smallest absolute Gasteiger partial charge is 0.234 e. The van der Waals surface area contributed by atoms with E-state index in [1.807, 2.05) is 0 Å². The third-order valence-electron chi connectivity index (χ3n) is 2.90. The van der Waals surface area contributed by atoms with Crippen molar-refractivity contribution in [2.45, 2.75) is 12.8 Å². The zero-order chi connectivity index (χ0) is 14.5. The minimum absolute atomic E-state index is 0.0240. The molecule has 7 heteroatoms. The molecule has 1 aliphatic heterocycles.